The summed E-state index contributed by atoms with van der Waals surface area (Å²) in [7, 11) is 0. The zero-order valence-corrected chi connectivity index (χ0v) is 17.5. The lowest BCUT2D eigenvalue weighted by Crippen LogP contribution is -2.23. The smallest absolute Gasteiger partial charge is 0.102 e. The van der Waals surface area contributed by atoms with Crippen molar-refractivity contribution in [2.45, 2.75) is 123 Å². The van der Waals surface area contributed by atoms with Crippen LogP contribution < -0.4 is 5.73 Å². The third kappa shape index (κ3) is 20.0. The number of aliphatic hydroxyl groups excluding tert-OH is 1. The van der Waals surface area contributed by atoms with Crippen LogP contribution in [0.4, 0.5) is 0 Å². The van der Waals surface area contributed by atoms with E-state index >= 15 is 0 Å². The maximum absolute atomic E-state index is 8.98. The molecule has 0 aromatic rings. The van der Waals surface area contributed by atoms with Gasteiger partial charge in [-0.05, 0) is 38.9 Å². The van der Waals surface area contributed by atoms with Gasteiger partial charge in [0.15, 0.2) is 0 Å². The molecule has 25 heavy (non-hydrogen) atoms. The molecule has 0 aromatic heterocycles. The molecule has 0 aliphatic rings. The second kappa shape index (κ2) is 20.2. The zero-order valence-electron chi connectivity index (χ0n) is 17.5. The summed E-state index contributed by atoms with van der Waals surface area (Å²) in [5, 5.41) is 8.98. The van der Waals surface area contributed by atoms with Crippen molar-refractivity contribution in [1.29, 1.82) is 0 Å². The van der Waals surface area contributed by atoms with E-state index in [1.165, 1.54) is 110 Å². The Balaban J connectivity index is 3.05. The van der Waals surface area contributed by atoms with Gasteiger partial charge in [0, 0.05) is 0 Å². The maximum atomic E-state index is 8.98. The van der Waals surface area contributed by atoms with E-state index < -0.39 is 6.23 Å². The first-order valence-corrected chi connectivity index (χ1v) is 11.4. The van der Waals surface area contributed by atoms with Crippen LogP contribution in [0.1, 0.15) is 117 Å². The molecule has 1 atom stereocenters. The number of nitrogens with zero attached hydrogens (tertiary/aromatic N) is 1. The van der Waals surface area contributed by atoms with E-state index in [4.69, 9.17) is 10.8 Å². The summed E-state index contributed by atoms with van der Waals surface area (Å²) in [5.41, 5.74) is 5.33. The van der Waals surface area contributed by atoms with E-state index in [0.29, 0.717) is 0 Å². The van der Waals surface area contributed by atoms with E-state index in [2.05, 4.69) is 18.7 Å². The van der Waals surface area contributed by atoms with E-state index in [0.717, 1.165) is 12.8 Å². The van der Waals surface area contributed by atoms with Crippen LogP contribution in [0, 0.1) is 0 Å². The van der Waals surface area contributed by atoms with Gasteiger partial charge >= 0.3 is 0 Å². The van der Waals surface area contributed by atoms with Crippen LogP contribution in [0.3, 0.4) is 0 Å². The third-order valence-electron chi connectivity index (χ3n) is 5.37. The first-order valence-electron chi connectivity index (χ1n) is 11.4. The lowest BCUT2D eigenvalue weighted by Gasteiger charge is -2.17. The molecule has 0 fully saturated rings. The SMILES string of the molecule is CCN(CC)CCCCCCCCCCCCCCCCCC(N)O. The lowest BCUT2D eigenvalue weighted by atomic mass is 10.0. The van der Waals surface area contributed by atoms with Crippen molar-refractivity contribution in [1.82, 2.24) is 4.90 Å². The van der Waals surface area contributed by atoms with Crippen molar-refractivity contribution in [3.63, 3.8) is 0 Å². The van der Waals surface area contributed by atoms with Crippen molar-refractivity contribution >= 4 is 0 Å². The molecule has 0 radical (unpaired) electrons. The highest BCUT2D eigenvalue weighted by Gasteiger charge is 1.99. The Morgan fingerprint density at radius 3 is 1.24 bits per heavy atom. The van der Waals surface area contributed by atoms with Crippen molar-refractivity contribution in [2.75, 3.05) is 19.6 Å². The van der Waals surface area contributed by atoms with Crippen LogP contribution in [0.5, 0.6) is 0 Å². The highest BCUT2D eigenvalue weighted by Crippen LogP contribution is 2.14. The molecular formula is C22H48N2O. The van der Waals surface area contributed by atoms with Crippen LogP contribution in [-0.4, -0.2) is 35.9 Å². The van der Waals surface area contributed by atoms with E-state index in [-0.39, 0.29) is 0 Å². The molecular weight excluding hydrogens is 308 g/mol. The summed E-state index contributed by atoms with van der Waals surface area (Å²) >= 11 is 0. The molecule has 3 heteroatoms. The fourth-order valence-electron chi connectivity index (χ4n) is 3.53. The number of aliphatic hydroxyl groups is 1. The van der Waals surface area contributed by atoms with Gasteiger partial charge in [0.05, 0.1) is 0 Å². The Bertz CT molecular complexity index is 242. The quantitative estimate of drug-likeness (QED) is 0.212. The van der Waals surface area contributed by atoms with Gasteiger partial charge in [-0.15, -0.1) is 0 Å². The molecule has 0 aromatic carbocycles. The normalized spacial score (nSPS) is 12.8. The Morgan fingerprint density at radius 1 is 0.600 bits per heavy atom. The monoisotopic (exact) mass is 356 g/mol. The molecule has 0 heterocycles. The van der Waals surface area contributed by atoms with Crippen LogP contribution in [0.25, 0.3) is 0 Å². The van der Waals surface area contributed by atoms with Crippen molar-refractivity contribution in [3.05, 3.63) is 0 Å². The number of nitrogens with two attached hydrogens (primary N) is 1. The molecule has 3 nitrogen and oxygen atoms in total. The van der Waals surface area contributed by atoms with Gasteiger partial charge in [0.25, 0.3) is 0 Å². The Morgan fingerprint density at radius 2 is 0.920 bits per heavy atom. The average Bonchev–Trinajstić information content (AvgIpc) is 2.60. The Hall–Kier alpha value is -0.120. The van der Waals surface area contributed by atoms with Crippen molar-refractivity contribution in [2.24, 2.45) is 5.73 Å². The summed E-state index contributed by atoms with van der Waals surface area (Å²) in [5.74, 6) is 0. The van der Waals surface area contributed by atoms with Crippen LogP contribution in [0.15, 0.2) is 0 Å². The predicted molar refractivity (Wildman–Crippen MR) is 112 cm³/mol. The molecule has 152 valence electrons. The molecule has 0 aliphatic heterocycles. The van der Waals surface area contributed by atoms with E-state index in [1.807, 2.05) is 0 Å². The van der Waals surface area contributed by atoms with Crippen LogP contribution in [-0.2, 0) is 0 Å². The molecule has 0 saturated carbocycles. The van der Waals surface area contributed by atoms with E-state index in [1.54, 1.807) is 0 Å². The van der Waals surface area contributed by atoms with Gasteiger partial charge in [0.1, 0.15) is 6.23 Å². The van der Waals surface area contributed by atoms with Crippen LogP contribution in [0.2, 0.25) is 0 Å². The van der Waals surface area contributed by atoms with E-state index in [9.17, 15) is 0 Å². The van der Waals surface area contributed by atoms with Gasteiger partial charge in [0.2, 0.25) is 0 Å². The molecule has 1 unspecified atom stereocenters. The van der Waals surface area contributed by atoms with Gasteiger partial charge in [-0.25, -0.2) is 0 Å². The first kappa shape index (κ1) is 24.9. The minimum Gasteiger partial charge on any atom is -0.379 e. The van der Waals surface area contributed by atoms with Crippen LogP contribution >= 0.6 is 0 Å². The van der Waals surface area contributed by atoms with Gasteiger partial charge in [-0.3, -0.25) is 0 Å². The minimum atomic E-state index is -0.604. The Labute approximate surface area is 158 Å². The standard InChI is InChI=1S/C22H48N2O/c1-3-24(4-2)21-19-17-15-13-11-9-7-5-6-8-10-12-14-16-18-20-22(23)25/h22,25H,3-21,23H2,1-2H3. The minimum absolute atomic E-state index is 0.604. The summed E-state index contributed by atoms with van der Waals surface area (Å²) in [6, 6.07) is 0. The first-order chi connectivity index (χ1) is 12.2. The third-order valence-corrected chi connectivity index (χ3v) is 5.37. The molecule has 0 bridgehead atoms. The molecule has 0 spiro atoms. The maximum Gasteiger partial charge on any atom is 0.102 e. The topological polar surface area (TPSA) is 49.5 Å². The number of hydrogen-bond acceptors (Lipinski definition) is 3. The van der Waals surface area contributed by atoms with Crippen molar-refractivity contribution < 1.29 is 5.11 Å². The fraction of sp³-hybridized carbons (Fsp3) is 1.00. The highest BCUT2D eigenvalue weighted by atomic mass is 16.3. The van der Waals surface area contributed by atoms with Gasteiger partial charge in [-0.2, -0.15) is 0 Å². The number of rotatable bonds is 20. The number of hydrogen-bond donors (Lipinski definition) is 2. The summed E-state index contributed by atoms with van der Waals surface area (Å²) in [6.07, 6.45) is 20.8. The van der Waals surface area contributed by atoms with Gasteiger partial charge < -0.3 is 15.7 Å². The zero-order chi connectivity index (χ0) is 18.6. The summed E-state index contributed by atoms with van der Waals surface area (Å²) in [6.45, 7) is 8.23. The predicted octanol–water partition coefficient (Wildman–Crippen LogP) is 5.85. The largest absolute Gasteiger partial charge is 0.379 e. The second-order valence-electron chi connectivity index (χ2n) is 7.69. The molecule has 0 rings (SSSR count). The number of unbranched alkanes of at least 4 members (excludes halogenated alkanes) is 14. The fourth-order valence-corrected chi connectivity index (χ4v) is 3.53. The summed E-state index contributed by atoms with van der Waals surface area (Å²) < 4.78 is 0. The molecule has 0 saturated heterocycles. The second-order valence-corrected chi connectivity index (χ2v) is 7.69. The Kier molecular flexibility index (Phi) is 20.1. The molecule has 0 aliphatic carbocycles. The lowest BCUT2D eigenvalue weighted by molar-refractivity contribution is 0.168. The van der Waals surface area contributed by atoms with Gasteiger partial charge in [-0.1, -0.05) is 97.3 Å². The highest BCUT2D eigenvalue weighted by molar-refractivity contribution is 4.54. The summed E-state index contributed by atoms with van der Waals surface area (Å²) in [4.78, 5) is 2.53. The molecule has 0 amide bonds. The van der Waals surface area contributed by atoms with Crippen molar-refractivity contribution in [3.8, 4) is 0 Å². The average molecular weight is 357 g/mol. The molecule has 3 N–H and O–H groups in total.